The molecule has 0 saturated carbocycles. The summed E-state index contributed by atoms with van der Waals surface area (Å²) < 4.78 is 32.6. The molecule has 7 nitrogen and oxygen atoms in total. The minimum absolute atomic E-state index is 0.00307. The highest BCUT2D eigenvalue weighted by Gasteiger charge is 2.31. The highest BCUT2D eigenvalue weighted by atomic mass is 35.5. The first kappa shape index (κ1) is 23.8. The standard InChI is InChI=1S/C20H29Cl2N3O4S/c1-20(2,24-6-4-3-5-7-24)14-23-19(26)15-12-18(17(22)13-16(15)21)30(27,28)25-8-10-29-11-9-25/h12-13H,3-11,14H2,1-2H3,(H,23,26). The van der Waals surface area contributed by atoms with Gasteiger partial charge in [0, 0.05) is 25.2 Å². The summed E-state index contributed by atoms with van der Waals surface area (Å²) in [5.41, 5.74) is -0.111. The summed E-state index contributed by atoms with van der Waals surface area (Å²) in [5, 5.41) is 3.04. The number of sulfonamides is 1. The Kier molecular flexibility index (Phi) is 7.69. The average Bonchev–Trinajstić information content (AvgIpc) is 2.73. The number of nitrogens with zero attached hydrogens (tertiary/aromatic N) is 2. The molecule has 0 unspecified atom stereocenters. The van der Waals surface area contributed by atoms with Crippen LogP contribution in [0.3, 0.4) is 0 Å². The fourth-order valence-electron chi connectivity index (χ4n) is 3.83. The molecule has 2 saturated heterocycles. The van der Waals surface area contributed by atoms with Crippen molar-refractivity contribution in [3.05, 3.63) is 27.7 Å². The predicted molar refractivity (Wildman–Crippen MR) is 118 cm³/mol. The molecule has 0 radical (unpaired) electrons. The van der Waals surface area contributed by atoms with Gasteiger partial charge in [-0.2, -0.15) is 4.31 Å². The number of carbonyl (C=O) groups excluding carboxylic acids is 1. The number of halogens is 2. The van der Waals surface area contributed by atoms with Crippen LogP contribution in [0.25, 0.3) is 0 Å². The minimum Gasteiger partial charge on any atom is -0.379 e. The molecule has 10 heteroatoms. The summed E-state index contributed by atoms with van der Waals surface area (Å²) in [6, 6.07) is 2.60. The quantitative estimate of drug-likeness (QED) is 0.680. The zero-order valence-electron chi connectivity index (χ0n) is 17.4. The molecule has 0 atom stereocenters. The minimum atomic E-state index is -3.85. The van der Waals surface area contributed by atoms with Crippen molar-refractivity contribution in [3.63, 3.8) is 0 Å². The van der Waals surface area contributed by atoms with E-state index in [2.05, 4.69) is 24.1 Å². The van der Waals surface area contributed by atoms with Crippen molar-refractivity contribution in [2.75, 3.05) is 45.9 Å². The van der Waals surface area contributed by atoms with E-state index in [4.69, 9.17) is 27.9 Å². The Morgan fingerprint density at radius 1 is 1.07 bits per heavy atom. The summed E-state index contributed by atoms with van der Waals surface area (Å²) in [6.07, 6.45) is 3.55. The van der Waals surface area contributed by atoms with Gasteiger partial charge in [-0.15, -0.1) is 0 Å². The number of carbonyl (C=O) groups is 1. The van der Waals surface area contributed by atoms with Crippen LogP contribution in [-0.4, -0.2) is 75.0 Å². The first-order chi connectivity index (χ1) is 14.1. The number of morpholine rings is 1. The van der Waals surface area contributed by atoms with Crippen molar-refractivity contribution in [2.45, 2.75) is 43.5 Å². The van der Waals surface area contributed by atoms with Crippen molar-refractivity contribution in [2.24, 2.45) is 0 Å². The molecule has 1 aromatic carbocycles. The molecule has 168 valence electrons. The lowest BCUT2D eigenvalue weighted by Crippen LogP contribution is -2.53. The van der Waals surface area contributed by atoms with Crippen LogP contribution >= 0.6 is 23.2 Å². The maximum absolute atomic E-state index is 13.0. The van der Waals surface area contributed by atoms with Crippen LogP contribution in [0.15, 0.2) is 17.0 Å². The van der Waals surface area contributed by atoms with Crippen molar-refractivity contribution >= 4 is 39.1 Å². The Bertz CT molecular complexity index is 880. The molecule has 1 aromatic rings. The highest BCUT2D eigenvalue weighted by Crippen LogP contribution is 2.31. The molecule has 0 aliphatic carbocycles. The number of benzene rings is 1. The molecule has 2 aliphatic heterocycles. The molecule has 1 amide bonds. The number of amides is 1. The van der Waals surface area contributed by atoms with Gasteiger partial charge in [0.25, 0.3) is 5.91 Å². The first-order valence-corrected chi connectivity index (χ1v) is 12.4. The lowest BCUT2D eigenvalue weighted by atomic mass is 9.98. The van der Waals surface area contributed by atoms with E-state index in [-0.39, 0.29) is 39.1 Å². The Morgan fingerprint density at radius 2 is 1.70 bits per heavy atom. The molecule has 3 rings (SSSR count). The largest absolute Gasteiger partial charge is 0.379 e. The Morgan fingerprint density at radius 3 is 2.33 bits per heavy atom. The molecule has 2 heterocycles. The second kappa shape index (κ2) is 9.71. The third-order valence-corrected chi connectivity index (χ3v) is 8.42. The third kappa shape index (κ3) is 5.29. The number of piperidine rings is 1. The Hall–Kier alpha value is -0.900. The van der Waals surface area contributed by atoms with Crippen LogP contribution in [0.4, 0.5) is 0 Å². The van der Waals surface area contributed by atoms with Crippen molar-refractivity contribution in [3.8, 4) is 0 Å². The van der Waals surface area contributed by atoms with E-state index >= 15 is 0 Å². The second-order valence-electron chi connectivity index (χ2n) is 8.32. The second-order valence-corrected chi connectivity index (χ2v) is 11.0. The molecule has 2 fully saturated rings. The van der Waals surface area contributed by atoms with Gasteiger partial charge in [-0.3, -0.25) is 9.69 Å². The number of nitrogens with one attached hydrogen (secondary N) is 1. The van der Waals surface area contributed by atoms with Gasteiger partial charge in [0.05, 0.1) is 28.8 Å². The summed E-state index contributed by atoms with van der Waals surface area (Å²) in [5.74, 6) is -0.417. The van der Waals surface area contributed by atoms with Crippen LogP contribution in [0.2, 0.25) is 10.0 Å². The van der Waals surface area contributed by atoms with Gasteiger partial charge in [-0.1, -0.05) is 29.6 Å². The zero-order valence-corrected chi connectivity index (χ0v) is 19.7. The van der Waals surface area contributed by atoms with Crippen LogP contribution < -0.4 is 5.32 Å². The number of rotatable bonds is 6. The number of ether oxygens (including phenoxy) is 1. The lowest BCUT2D eigenvalue weighted by molar-refractivity contribution is 0.0730. The molecule has 30 heavy (non-hydrogen) atoms. The Labute approximate surface area is 188 Å². The van der Waals surface area contributed by atoms with Gasteiger partial charge in [0.15, 0.2) is 0 Å². The smallest absolute Gasteiger partial charge is 0.252 e. The van der Waals surface area contributed by atoms with Crippen LogP contribution in [0, 0.1) is 0 Å². The summed E-state index contributed by atoms with van der Waals surface area (Å²) >= 11 is 12.4. The molecule has 0 spiro atoms. The molecule has 1 N–H and O–H groups in total. The Balaban J connectivity index is 1.78. The molecular formula is C20H29Cl2N3O4S. The summed E-state index contributed by atoms with van der Waals surface area (Å²) in [6.45, 7) is 7.76. The van der Waals surface area contributed by atoms with E-state index in [9.17, 15) is 13.2 Å². The normalized spacial score (nSPS) is 19.6. The van der Waals surface area contributed by atoms with E-state index in [0.29, 0.717) is 19.8 Å². The SMILES string of the molecule is CC(C)(CNC(=O)c1cc(S(=O)(=O)N2CCOCC2)c(Cl)cc1Cl)N1CCCCC1. The van der Waals surface area contributed by atoms with E-state index in [0.717, 1.165) is 25.9 Å². The van der Waals surface area contributed by atoms with Gasteiger partial charge in [-0.05, 0) is 51.9 Å². The molecule has 0 aromatic heterocycles. The first-order valence-electron chi connectivity index (χ1n) is 10.2. The molecular weight excluding hydrogens is 449 g/mol. The van der Waals surface area contributed by atoms with Gasteiger partial charge < -0.3 is 10.1 Å². The average molecular weight is 478 g/mol. The van der Waals surface area contributed by atoms with Crippen molar-refractivity contribution in [1.29, 1.82) is 0 Å². The maximum atomic E-state index is 13.0. The summed E-state index contributed by atoms with van der Waals surface area (Å²) in [4.78, 5) is 15.1. The number of likely N-dealkylation sites (tertiary alicyclic amines) is 1. The number of hydrogen-bond acceptors (Lipinski definition) is 5. The fourth-order valence-corrected chi connectivity index (χ4v) is 6.07. The zero-order chi connectivity index (χ0) is 21.9. The van der Waals surface area contributed by atoms with Crippen LogP contribution in [0.1, 0.15) is 43.5 Å². The molecule has 0 bridgehead atoms. The van der Waals surface area contributed by atoms with E-state index in [1.165, 1.54) is 22.9 Å². The number of hydrogen-bond donors (Lipinski definition) is 1. The summed E-state index contributed by atoms with van der Waals surface area (Å²) in [7, 11) is -3.85. The van der Waals surface area contributed by atoms with Gasteiger partial charge in [-0.25, -0.2) is 8.42 Å². The third-order valence-electron chi connectivity index (χ3n) is 5.75. The molecule has 2 aliphatic rings. The van der Waals surface area contributed by atoms with E-state index < -0.39 is 15.9 Å². The topological polar surface area (TPSA) is 79.0 Å². The van der Waals surface area contributed by atoms with Crippen LogP contribution in [0.5, 0.6) is 0 Å². The lowest BCUT2D eigenvalue weighted by Gasteiger charge is -2.41. The maximum Gasteiger partial charge on any atom is 0.252 e. The van der Waals surface area contributed by atoms with E-state index in [1.54, 1.807) is 0 Å². The highest BCUT2D eigenvalue weighted by molar-refractivity contribution is 7.89. The van der Waals surface area contributed by atoms with Crippen molar-refractivity contribution in [1.82, 2.24) is 14.5 Å². The van der Waals surface area contributed by atoms with E-state index in [1.807, 2.05) is 0 Å². The fraction of sp³-hybridized carbons (Fsp3) is 0.650. The monoisotopic (exact) mass is 477 g/mol. The van der Waals surface area contributed by atoms with Gasteiger partial charge in [0.1, 0.15) is 4.90 Å². The predicted octanol–water partition coefficient (Wildman–Crippen LogP) is 3.01. The van der Waals surface area contributed by atoms with Gasteiger partial charge in [0.2, 0.25) is 10.0 Å². The van der Waals surface area contributed by atoms with Crippen LogP contribution in [-0.2, 0) is 14.8 Å². The van der Waals surface area contributed by atoms with Gasteiger partial charge >= 0.3 is 0 Å². The van der Waals surface area contributed by atoms with Crippen molar-refractivity contribution < 1.29 is 17.9 Å².